The molecule has 0 spiro atoms. The predicted molar refractivity (Wildman–Crippen MR) is 241 cm³/mol. The van der Waals surface area contributed by atoms with Crippen molar-refractivity contribution < 1.29 is 4.42 Å². The molecule has 0 aliphatic rings. The summed E-state index contributed by atoms with van der Waals surface area (Å²) < 4.78 is 6.46. The molecule has 0 atom stereocenters. The third-order valence-corrected chi connectivity index (χ3v) is 11.5. The average molecular weight is 725 g/mol. The number of benzene rings is 10. The predicted octanol–water partition coefficient (Wildman–Crippen LogP) is 15.9. The van der Waals surface area contributed by atoms with Crippen molar-refractivity contribution in [1.82, 2.24) is 0 Å². The van der Waals surface area contributed by atoms with Crippen LogP contribution in [0.1, 0.15) is 0 Å². The van der Waals surface area contributed by atoms with Crippen LogP contribution in [0.25, 0.3) is 110 Å². The van der Waals surface area contributed by atoms with E-state index in [2.05, 4.69) is 206 Å². The molecule has 0 radical (unpaired) electrons. The highest BCUT2D eigenvalue weighted by Crippen LogP contribution is 2.46. The molecule has 266 valence electrons. The van der Waals surface area contributed by atoms with Crippen LogP contribution in [0.4, 0.5) is 0 Å². The minimum Gasteiger partial charge on any atom is -0.455 e. The highest BCUT2D eigenvalue weighted by molar-refractivity contribution is 6.22. The van der Waals surface area contributed by atoms with Crippen LogP contribution in [-0.2, 0) is 0 Å². The topological polar surface area (TPSA) is 13.1 Å². The summed E-state index contributed by atoms with van der Waals surface area (Å²) in [6.07, 6.45) is 0. The molecule has 0 N–H and O–H groups in total. The van der Waals surface area contributed by atoms with Crippen LogP contribution in [0.15, 0.2) is 223 Å². The smallest absolute Gasteiger partial charge is 0.143 e. The standard InChI is InChI=1S/C56H36O/c1-4-15-37(16-5-1)40-21-12-22-41(33-40)43-29-31-48-51(35-43)54(38-17-6-2-7-18-38)49-32-30-44(36-52(49)55(48)39-19-8-3-9-20-39)42-23-13-24-45(34-42)46-26-14-27-50-47-25-10-11-28-53(47)57-56(46)50/h1-36H. The van der Waals surface area contributed by atoms with Crippen LogP contribution in [0.3, 0.4) is 0 Å². The van der Waals surface area contributed by atoms with Gasteiger partial charge in [-0.05, 0) is 113 Å². The molecule has 0 aliphatic carbocycles. The van der Waals surface area contributed by atoms with Gasteiger partial charge in [0.05, 0.1) is 0 Å². The Kier molecular flexibility index (Phi) is 7.89. The van der Waals surface area contributed by atoms with Crippen LogP contribution in [-0.4, -0.2) is 0 Å². The van der Waals surface area contributed by atoms with Gasteiger partial charge in [-0.1, -0.05) is 188 Å². The molecule has 57 heavy (non-hydrogen) atoms. The minimum absolute atomic E-state index is 0.911. The lowest BCUT2D eigenvalue weighted by molar-refractivity contribution is 0.670. The van der Waals surface area contributed by atoms with E-state index in [1.165, 1.54) is 71.6 Å². The molecule has 0 fully saturated rings. The van der Waals surface area contributed by atoms with Gasteiger partial charge in [-0.15, -0.1) is 0 Å². The van der Waals surface area contributed by atoms with Gasteiger partial charge in [0.25, 0.3) is 0 Å². The lowest BCUT2D eigenvalue weighted by Crippen LogP contribution is -1.93. The summed E-state index contributed by atoms with van der Waals surface area (Å²) in [5.74, 6) is 0. The normalized spacial score (nSPS) is 11.5. The molecule has 0 bridgehead atoms. The Morgan fingerprint density at radius 2 is 0.649 bits per heavy atom. The van der Waals surface area contributed by atoms with Crippen LogP contribution in [0.5, 0.6) is 0 Å². The Balaban J connectivity index is 1.13. The van der Waals surface area contributed by atoms with E-state index in [0.29, 0.717) is 0 Å². The summed E-state index contributed by atoms with van der Waals surface area (Å²) in [6, 6.07) is 79.0. The number of hydrogen-bond donors (Lipinski definition) is 0. The summed E-state index contributed by atoms with van der Waals surface area (Å²) >= 11 is 0. The van der Waals surface area contributed by atoms with E-state index in [0.717, 1.165) is 38.6 Å². The largest absolute Gasteiger partial charge is 0.455 e. The zero-order valence-electron chi connectivity index (χ0n) is 31.2. The number of para-hydroxylation sites is 2. The first kappa shape index (κ1) is 32.9. The molecule has 0 saturated carbocycles. The van der Waals surface area contributed by atoms with Gasteiger partial charge in [0.2, 0.25) is 0 Å². The average Bonchev–Trinajstić information content (AvgIpc) is 3.68. The van der Waals surface area contributed by atoms with Crippen molar-refractivity contribution in [3.63, 3.8) is 0 Å². The molecule has 11 rings (SSSR count). The SMILES string of the molecule is c1ccc(-c2cccc(-c3ccc4c(-c5ccccc5)c5cc(-c6cccc(-c7cccc8c7oc7ccccc78)c6)ccc5c(-c5ccccc5)c4c3)c2)cc1. The maximum absolute atomic E-state index is 6.46. The molecule has 10 aromatic carbocycles. The monoisotopic (exact) mass is 724 g/mol. The second kappa shape index (κ2) is 13.7. The zero-order chi connectivity index (χ0) is 37.7. The summed E-state index contributed by atoms with van der Waals surface area (Å²) in [7, 11) is 0. The Hall–Kier alpha value is -7.48. The van der Waals surface area contributed by atoms with Crippen LogP contribution in [0.2, 0.25) is 0 Å². The van der Waals surface area contributed by atoms with Crippen molar-refractivity contribution in [3.8, 4) is 66.8 Å². The van der Waals surface area contributed by atoms with Crippen molar-refractivity contribution >= 4 is 43.5 Å². The number of hydrogen-bond acceptors (Lipinski definition) is 1. The maximum Gasteiger partial charge on any atom is 0.143 e. The molecule has 0 unspecified atom stereocenters. The summed E-state index contributed by atoms with van der Waals surface area (Å²) in [6.45, 7) is 0. The third-order valence-electron chi connectivity index (χ3n) is 11.5. The highest BCUT2D eigenvalue weighted by atomic mass is 16.3. The molecular formula is C56H36O. The number of rotatable bonds is 6. The van der Waals surface area contributed by atoms with Gasteiger partial charge in [0, 0.05) is 16.3 Å². The lowest BCUT2D eigenvalue weighted by Gasteiger charge is -2.20. The van der Waals surface area contributed by atoms with Crippen LogP contribution < -0.4 is 0 Å². The van der Waals surface area contributed by atoms with E-state index in [1.807, 2.05) is 12.1 Å². The summed E-state index contributed by atoms with van der Waals surface area (Å²) in [5, 5.41) is 7.21. The molecular weight excluding hydrogens is 689 g/mol. The Morgan fingerprint density at radius 1 is 0.228 bits per heavy atom. The molecule has 1 nitrogen and oxygen atoms in total. The number of furan rings is 1. The first-order chi connectivity index (χ1) is 28.3. The highest BCUT2D eigenvalue weighted by Gasteiger charge is 2.19. The second-order valence-corrected chi connectivity index (χ2v) is 14.8. The van der Waals surface area contributed by atoms with Crippen molar-refractivity contribution in [2.45, 2.75) is 0 Å². The lowest BCUT2D eigenvalue weighted by atomic mass is 9.83. The molecule has 0 saturated heterocycles. The fourth-order valence-electron chi connectivity index (χ4n) is 8.77. The minimum atomic E-state index is 0.911. The summed E-state index contributed by atoms with van der Waals surface area (Å²) in [4.78, 5) is 0. The van der Waals surface area contributed by atoms with Crippen LogP contribution in [0, 0.1) is 0 Å². The van der Waals surface area contributed by atoms with Gasteiger partial charge in [-0.25, -0.2) is 0 Å². The van der Waals surface area contributed by atoms with E-state index < -0.39 is 0 Å². The van der Waals surface area contributed by atoms with Crippen LogP contribution >= 0.6 is 0 Å². The van der Waals surface area contributed by atoms with E-state index in [1.54, 1.807) is 0 Å². The third kappa shape index (κ3) is 5.72. The molecule has 1 heteroatoms. The Labute approximate surface area is 331 Å². The quantitative estimate of drug-likeness (QED) is 0.156. The van der Waals surface area contributed by atoms with Gasteiger partial charge in [-0.2, -0.15) is 0 Å². The first-order valence-electron chi connectivity index (χ1n) is 19.6. The van der Waals surface area contributed by atoms with E-state index in [-0.39, 0.29) is 0 Å². The Morgan fingerprint density at radius 3 is 1.25 bits per heavy atom. The molecule has 0 aliphatic heterocycles. The zero-order valence-corrected chi connectivity index (χ0v) is 31.2. The van der Waals surface area contributed by atoms with Crippen molar-refractivity contribution in [1.29, 1.82) is 0 Å². The summed E-state index contributed by atoms with van der Waals surface area (Å²) in [5.41, 5.74) is 16.1. The van der Waals surface area contributed by atoms with Crippen molar-refractivity contribution in [3.05, 3.63) is 218 Å². The van der Waals surface area contributed by atoms with E-state index in [9.17, 15) is 0 Å². The van der Waals surface area contributed by atoms with E-state index in [4.69, 9.17) is 4.42 Å². The molecule has 11 aromatic rings. The molecule has 1 heterocycles. The van der Waals surface area contributed by atoms with E-state index >= 15 is 0 Å². The van der Waals surface area contributed by atoms with Gasteiger partial charge >= 0.3 is 0 Å². The maximum atomic E-state index is 6.46. The van der Waals surface area contributed by atoms with Crippen molar-refractivity contribution in [2.75, 3.05) is 0 Å². The number of fused-ring (bicyclic) bond motifs is 5. The second-order valence-electron chi connectivity index (χ2n) is 14.8. The van der Waals surface area contributed by atoms with Gasteiger partial charge in [0.1, 0.15) is 11.2 Å². The van der Waals surface area contributed by atoms with Gasteiger partial charge < -0.3 is 4.42 Å². The van der Waals surface area contributed by atoms with Gasteiger partial charge in [-0.3, -0.25) is 0 Å². The molecule has 0 amide bonds. The van der Waals surface area contributed by atoms with Gasteiger partial charge in [0.15, 0.2) is 0 Å². The fourth-order valence-corrected chi connectivity index (χ4v) is 8.77. The van der Waals surface area contributed by atoms with Crippen molar-refractivity contribution in [2.24, 2.45) is 0 Å². The Bertz CT molecular complexity index is 3270. The molecule has 1 aromatic heterocycles. The fraction of sp³-hybridized carbons (Fsp3) is 0. The first-order valence-corrected chi connectivity index (χ1v) is 19.6.